The summed E-state index contributed by atoms with van der Waals surface area (Å²) in [5, 5.41) is 9.33. The largest absolute Gasteiger partial charge is 0.282 e. The number of hydrogen-bond acceptors (Lipinski definition) is 3. The lowest BCUT2D eigenvalue weighted by Gasteiger charge is -2.05. The first-order chi connectivity index (χ1) is 13.2. The van der Waals surface area contributed by atoms with Gasteiger partial charge in [0.05, 0.1) is 5.69 Å². The van der Waals surface area contributed by atoms with Crippen molar-refractivity contribution >= 4 is 17.2 Å². The fourth-order valence-electron chi connectivity index (χ4n) is 3.32. The number of nitrogens with zero attached hydrogens (tertiary/aromatic N) is 4. The van der Waals surface area contributed by atoms with E-state index in [2.05, 4.69) is 67.4 Å². The molecule has 27 heavy (non-hydrogen) atoms. The minimum atomic E-state index is 0.755. The van der Waals surface area contributed by atoms with Crippen LogP contribution < -0.4 is 0 Å². The van der Waals surface area contributed by atoms with E-state index < -0.39 is 0 Å². The van der Waals surface area contributed by atoms with Gasteiger partial charge in [-0.15, -0.1) is 10.2 Å². The van der Waals surface area contributed by atoms with Crippen LogP contribution >= 0.6 is 0 Å². The van der Waals surface area contributed by atoms with Gasteiger partial charge in [0.2, 0.25) is 0 Å². The number of fused-ring (bicyclic) bond motifs is 1. The second-order valence-electron chi connectivity index (χ2n) is 6.67. The third-order valence-corrected chi connectivity index (χ3v) is 4.81. The standard InChI is InChI=1S/C23H22N4/c1-4-18-14-8-10-16(2)20(18)25-26-23-21(19-12-6-5-7-13-19)24-22-17(3)11-9-15-27(22)23/h5-15H,4H2,1-3H3. The van der Waals surface area contributed by atoms with Crippen molar-refractivity contribution in [2.45, 2.75) is 27.2 Å². The molecule has 0 saturated carbocycles. The first kappa shape index (κ1) is 17.2. The van der Waals surface area contributed by atoms with Gasteiger partial charge >= 0.3 is 0 Å². The quantitative estimate of drug-likeness (QED) is 0.381. The van der Waals surface area contributed by atoms with Crippen LogP contribution in [0.1, 0.15) is 23.6 Å². The topological polar surface area (TPSA) is 42.0 Å². The molecule has 134 valence electrons. The molecule has 4 heteroatoms. The van der Waals surface area contributed by atoms with Crippen molar-refractivity contribution in [1.29, 1.82) is 0 Å². The minimum Gasteiger partial charge on any atom is -0.282 e. The van der Waals surface area contributed by atoms with E-state index in [9.17, 15) is 0 Å². The Bertz CT molecular complexity index is 1120. The van der Waals surface area contributed by atoms with Crippen LogP contribution in [0.5, 0.6) is 0 Å². The molecule has 4 aromatic rings. The van der Waals surface area contributed by atoms with Crippen molar-refractivity contribution in [2.24, 2.45) is 10.2 Å². The van der Waals surface area contributed by atoms with Gasteiger partial charge < -0.3 is 0 Å². The molecule has 2 aromatic heterocycles. The van der Waals surface area contributed by atoms with Crippen molar-refractivity contribution in [3.63, 3.8) is 0 Å². The van der Waals surface area contributed by atoms with E-state index in [1.54, 1.807) is 0 Å². The van der Waals surface area contributed by atoms with Crippen LogP contribution in [0.25, 0.3) is 16.9 Å². The van der Waals surface area contributed by atoms with Crippen LogP contribution in [-0.2, 0) is 6.42 Å². The molecule has 0 aliphatic carbocycles. The highest BCUT2D eigenvalue weighted by Crippen LogP contribution is 2.34. The molecule has 0 fully saturated rings. The van der Waals surface area contributed by atoms with Crippen LogP contribution in [-0.4, -0.2) is 9.38 Å². The number of hydrogen-bond donors (Lipinski definition) is 0. The lowest BCUT2D eigenvalue weighted by Crippen LogP contribution is -1.86. The van der Waals surface area contributed by atoms with Gasteiger partial charge in [0.1, 0.15) is 11.3 Å². The number of azo groups is 1. The Kier molecular flexibility index (Phi) is 4.55. The maximum Gasteiger partial charge on any atom is 0.187 e. The summed E-state index contributed by atoms with van der Waals surface area (Å²) >= 11 is 0. The zero-order chi connectivity index (χ0) is 18.8. The number of pyridine rings is 1. The first-order valence-electron chi connectivity index (χ1n) is 9.22. The predicted octanol–water partition coefficient (Wildman–Crippen LogP) is 6.60. The average Bonchev–Trinajstić information content (AvgIpc) is 3.07. The summed E-state index contributed by atoms with van der Waals surface area (Å²) in [6.45, 7) is 6.28. The average molecular weight is 354 g/mol. The summed E-state index contributed by atoms with van der Waals surface area (Å²) in [5.74, 6) is 0.755. The minimum absolute atomic E-state index is 0.755. The zero-order valence-electron chi connectivity index (χ0n) is 15.8. The monoisotopic (exact) mass is 354 g/mol. The summed E-state index contributed by atoms with van der Waals surface area (Å²) in [6.07, 6.45) is 2.92. The third-order valence-electron chi connectivity index (χ3n) is 4.81. The number of aromatic nitrogens is 2. The molecule has 0 aliphatic heterocycles. The fourth-order valence-corrected chi connectivity index (χ4v) is 3.32. The van der Waals surface area contributed by atoms with Gasteiger partial charge in [0.25, 0.3) is 0 Å². The summed E-state index contributed by atoms with van der Waals surface area (Å²) < 4.78 is 2.02. The Hall–Kier alpha value is -3.27. The summed E-state index contributed by atoms with van der Waals surface area (Å²) in [5.41, 5.74) is 7.18. The SMILES string of the molecule is CCc1cccc(C)c1N=Nc1c(-c2ccccc2)nc2c(C)cccn12. The van der Waals surface area contributed by atoms with Crippen molar-refractivity contribution in [1.82, 2.24) is 9.38 Å². The molecule has 4 rings (SSSR count). The summed E-state index contributed by atoms with van der Waals surface area (Å²) in [4.78, 5) is 4.87. The number of rotatable bonds is 4. The number of benzene rings is 2. The maximum absolute atomic E-state index is 4.87. The highest BCUT2D eigenvalue weighted by atomic mass is 15.2. The van der Waals surface area contributed by atoms with Crippen molar-refractivity contribution in [3.8, 4) is 11.3 Å². The van der Waals surface area contributed by atoms with E-state index >= 15 is 0 Å². The van der Waals surface area contributed by atoms with E-state index in [1.165, 1.54) is 5.56 Å². The highest BCUT2D eigenvalue weighted by Gasteiger charge is 2.15. The molecular formula is C23H22N4. The van der Waals surface area contributed by atoms with Crippen molar-refractivity contribution < 1.29 is 0 Å². The number of imidazole rings is 1. The molecule has 4 nitrogen and oxygen atoms in total. The van der Waals surface area contributed by atoms with E-state index in [0.29, 0.717) is 0 Å². The molecular weight excluding hydrogens is 332 g/mol. The lowest BCUT2D eigenvalue weighted by molar-refractivity contribution is 1.06. The molecule has 0 bridgehead atoms. The van der Waals surface area contributed by atoms with Gasteiger partial charge in [-0.2, -0.15) is 0 Å². The number of aryl methyl sites for hydroxylation is 3. The van der Waals surface area contributed by atoms with Gasteiger partial charge in [-0.25, -0.2) is 4.98 Å². The van der Waals surface area contributed by atoms with Gasteiger partial charge in [0.15, 0.2) is 5.82 Å². The Balaban J connectivity index is 1.92. The molecule has 2 aromatic carbocycles. The van der Waals surface area contributed by atoms with E-state index in [-0.39, 0.29) is 0 Å². The van der Waals surface area contributed by atoms with Crippen LogP contribution in [0.4, 0.5) is 11.5 Å². The summed E-state index contributed by atoms with van der Waals surface area (Å²) in [7, 11) is 0. The van der Waals surface area contributed by atoms with Crippen LogP contribution in [0.2, 0.25) is 0 Å². The zero-order valence-corrected chi connectivity index (χ0v) is 15.8. The van der Waals surface area contributed by atoms with Crippen LogP contribution in [0.15, 0.2) is 77.1 Å². The second kappa shape index (κ2) is 7.16. The van der Waals surface area contributed by atoms with E-state index in [4.69, 9.17) is 4.98 Å². The smallest absolute Gasteiger partial charge is 0.187 e. The molecule has 0 radical (unpaired) electrons. The molecule has 0 N–H and O–H groups in total. The Morgan fingerprint density at radius 3 is 2.41 bits per heavy atom. The fraction of sp³-hybridized carbons (Fsp3) is 0.174. The second-order valence-corrected chi connectivity index (χ2v) is 6.67. The normalized spacial score (nSPS) is 11.5. The lowest BCUT2D eigenvalue weighted by atomic mass is 10.1. The molecule has 0 atom stereocenters. The third kappa shape index (κ3) is 3.14. The molecule has 0 saturated heterocycles. The Morgan fingerprint density at radius 2 is 1.63 bits per heavy atom. The van der Waals surface area contributed by atoms with Crippen molar-refractivity contribution in [2.75, 3.05) is 0 Å². The molecule has 0 amide bonds. The summed E-state index contributed by atoms with van der Waals surface area (Å²) in [6, 6.07) is 20.5. The van der Waals surface area contributed by atoms with E-state index in [0.717, 1.165) is 46.0 Å². The van der Waals surface area contributed by atoms with Gasteiger partial charge in [-0.05, 0) is 43.0 Å². The molecule has 0 unspecified atom stereocenters. The van der Waals surface area contributed by atoms with Gasteiger partial charge in [0, 0.05) is 11.8 Å². The van der Waals surface area contributed by atoms with Gasteiger partial charge in [-0.1, -0.05) is 61.5 Å². The van der Waals surface area contributed by atoms with E-state index in [1.807, 2.05) is 34.9 Å². The predicted molar refractivity (Wildman–Crippen MR) is 110 cm³/mol. The Morgan fingerprint density at radius 1 is 0.852 bits per heavy atom. The van der Waals surface area contributed by atoms with Gasteiger partial charge in [-0.3, -0.25) is 4.40 Å². The molecule has 2 heterocycles. The Labute approximate surface area is 159 Å². The highest BCUT2D eigenvalue weighted by molar-refractivity contribution is 5.75. The molecule has 0 aliphatic rings. The maximum atomic E-state index is 4.87. The van der Waals surface area contributed by atoms with Crippen LogP contribution in [0, 0.1) is 13.8 Å². The van der Waals surface area contributed by atoms with Crippen molar-refractivity contribution in [3.05, 3.63) is 83.6 Å². The molecule has 0 spiro atoms. The first-order valence-corrected chi connectivity index (χ1v) is 9.22. The van der Waals surface area contributed by atoms with Crippen LogP contribution in [0.3, 0.4) is 0 Å².